The summed E-state index contributed by atoms with van der Waals surface area (Å²) in [5.74, 6) is -0.456. The molecule has 10 heteroatoms. The molecule has 0 aliphatic rings. The van der Waals surface area contributed by atoms with E-state index in [1.807, 2.05) is 26.0 Å². The molecular formula is C17H18Br2N4O2S2. The molecule has 2 heterocycles. The number of halogens is 2. The molecule has 2 aromatic heterocycles. The fourth-order valence-electron chi connectivity index (χ4n) is 1.95. The first-order valence-corrected chi connectivity index (χ1v) is 11.2. The van der Waals surface area contributed by atoms with Crippen LogP contribution in [0.1, 0.15) is 38.8 Å². The SMILES string of the molecule is Cc1sc(/C=N\NC(=O)CCCC(=O)N/N=C\c2cc(Br)c(C)s2)cc1Br. The van der Waals surface area contributed by atoms with Crippen molar-refractivity contribution in [3.63, 3.8) is 0 Å². The molecule has 0 aromatic carbocycles. The first kappa shape index (κ1) is 21.9. The van der Waals surface area contributed by atoms with Crippen molar-refractivity contribution in [2.45, 2.75) is 33.1 Å². The molecule has 2 aromatic rings. The van der Waals surface area contributed by atoms with E-state index in [-0.39, 0.29) is 24.7 Å². The Balaban J connectivity index is 1.63. The van der Waals surface area contributed by atoms with Gasteiger partial charge in [0.2, 0.25) is 11.8 Å². The lowest BCUT2D eigenvalue weighted by molar-refractivity contribution is -0.122. The third kappa shape index (κ3) is 7.65. The minimum absolute atomic E-state index is 0.221. The molecule has 0 saturated carbocycles. The number of aryl methyl sites for hydroxylation is 2. The predicted molar refractivity (Wildman–Crippen MR) is 119 cm³/mol. The number of hydrazone groups is 2. The highest BCUT2D eigenvalue weighted by atomic mass is 79.9. The molecule has 0 saturated heterocycles. The van der Waals surface area contributed by atoms with Gasteiger partial charge in [-0.25, -0.2) is 10.9 Å². The van der Waals surface area contributed by atoms with E-state index in [0.29, 0.717) is 6.42 Å². The molecule has 0 aliphatic carbocycles. The van der Waals surface area contributed by atoms with E-state index in [9.17, 15) is 9.59 Å². The van der Waals surface area contributed by atoms with E-state index in [4.69, 9.17) is 0 Å². The summed E-state index contributed by atoms with van der Waals surface area (Å²) < 4.78 is 2.05. The van der Waals surface area contributed by atoms with Gasteiger partial charge < -0.3 is 0 Å². The molecular weight excluding hydrogens is 516 g/mol. The van der Waals surface area contributed by atoms with Gasteiger partial charge in [0.05, 0.1) is 12.4 Å². The summed E-state index contributed by atoms with van der Waals surface area (Å²) in [4.78, 5) is 27.7. The number of rotatable bonds is 8. The Kier molecular flexibility index (Phi) is 8.81. The smallest absolute Gasteiger partial charge is 0.240 e. The predicted octanol–water partition coefficient (Wildman–Crippen LogP) is 4.72. The van der Waals surface area contributed by atoms with Crippen molar-refractivity contribution in [3.8, 4) is 0 Å². The van der Waals surface area contributed by atoms with E-state index in [0.717, 1.165) is 28.5 Å². The number of hydrogen-bond donors (Lipinski definition) is 2. The van der Waals surface area contributed by atoms with Crippen LogP contribution < -0.4 is 10.9 Å². The van der Waals surface area contributed by atoms with Gasteiger partial charge in [-0.2, -0.15) is 10.2 Å². The molecule has 0 bridgehead atoms. The Morgan fingerprint density at radius 3 is 1.67 bits per heavy atom. The highest BCUT2D eigenvalue weighted by molar-refractivity contribution is 9.10. The second-order valence-electron chi connectivity index (χ2n) is 5.55. The van der Waals surface area contributed by atoms with Crippen LogP contribution in [0.3, 0.4) is 0 Å². The first-order valence-electron chi connectivity index (χ1n) is 8.01. The molecule has 2 amide bonds. The maximum Gasteiger partial charge on any atom is 0.240 e. The lowest BCUT2D eigenvalue weighted by atomic mass is 10.2. The van der Waals surface area contributed by atoms with Gasteiger partial charge in [0.25, 0.3) is 0 Å². The average Bonchev–Trinajstić information content (AvgIpc) is 3.09. The highest BCUT2D eigenvalue weighted by Gasteiger charge is 2.05. The molecule has 27 heavy (non-hydrogen) atoms. The Labute approximate surface area is 182 Å². The third-order valence-electron chi connectivity index (χ3n) is 3.32. The van der Waals surface area contributed by atoms with Crippen LogP contribution in [0.2, 0.25) is 0 Å². The topological polar surface area (TPSA) is 82.9 Å². The van der Waals surface area contributed by atoms with Crippen LogP contribution in [-0.4, -0.2) is 24.2 Å². The van der Waals surface area contributed by atoms with Crippen molar-refractivity contribution in [1.82, 2.24) is 10.9 Å². The standard InChI is InChI=1S/C17H18Br2N4O2S2/c1-10-14(18)6-12(26-10)8-20-22-16(24)4-3-5-17(25)23-21-9-13-7-15(19)11(2)27-13/h6-9H,3-5H2,1-2H3,(H,22,24)(H,23,25)/b20-8-,21-9-. The van der Waals surface area contributed by atoms with Gasteiger partial charge in [0.15, 0.2) is 0 Å². The number of thiophene rings is 2. The fraction of sp³-hybridized carbons (Fsp3) is 0.294. The molecule has 0 fully saturated rings. The van der Waals surface area contributed by atoms with Gasteiger partial charge in [-0.3, -0.25) is 9.59 Å². The van der Waals surface area contributed by atoms with Crippen molar-refractivity contribution in [3.05, 3.63) is 40.6 Å². The van der Waals surface area contributed by atoms with Gasteiger partial charge in [0, 0.05) is 41.3 Å². The van der Waals surface area contributed by atoms with Crippen LogP contribution in [0.25, 0.3) is 0 Å². The summed E-state index contributed by atoms with van der Waals surface area (Å²) in [6.45, 7) is 4.00. The van der Waals surface area contributed by atoms with Crippen molar-refractivity contribution >= 4 is 78.8 Å². The number of nitrogens with one attached hydrogen (secondary N) is 2. The summed E-state index contributed by atoms with van der Waals surface area (Å²) in [5.41, 5.74) is 4.93. The van der Waals surface area contributed by atoms with Crippen LogP contribution >= 0.6 is 54.5 Å². The average molecular weight is 534 g/mol. The summed E-state index contributed by atoms with van der Waals surface area (Å²) in [5, 5.41) is 7.85. The van der Waals surface area contributed by atoms with Crippen molar-refractivity contribution in [2.75, 3.05) is 0 Å². The van der Waals surface area contributed by atoms with E-state index in [1.165, 1.54) is 0 Å². The second kappa shape index (κ2) is 10.8. The zero-order valence-corrected chi connectivity index (χ0v) is 19.5. The Morgan fingerprint density at radius 1 is 0.926 bits per heavy atom. The molecule has 6 nitrogen and oxygen atoms in total. The van der Waals surface area contributed by atoms with E-state index >= 15 is 0 Å². The molecule has 0 radical (unpaired) electrons. The first-order chi connectivity index (χ1) is 12.8. The number of hydrogen-bond acceptors (Lipinski definition) is 6. The number of carbonyl (C=O) groups excluding carboxylic acids is 2. The largest absolute Gasteiger partial charge is 0.273 e. The van der Waals surface area contributed by atoms with Crippen molar-refractivity contribution in [1.29, 1.82) is 0 Å². The fourth-order valence-corrected chi connectivity index (χ4v) is 4.81. The number of nitrogens with zero attached hydrogens (tertiary/aromatic N) is 2. The van der Waals surface area contributed by atoms with Gasteiger partial charge in [-0.15, -0.1) is 22.7 Å². The van der Waals surface area contributed by atoms with Crippen LogP contribution in [0.5, 0.6) is 0 Å². The number of amides is 2. The van der Waals surface area contributed by atoms with Crippen molar-refractivity contribution < 1.29 is 9.59 Å². The maximum absolute atomic E-state index is 11.7. The molecule has 2 N–H and O–H groups in total. The maximum atomic E-state index is 11.7. The van der Waals surface area contributed by atoms with Gasteiger partial charge in [-0.1, -0.05) is 0 Å². The van der Waals surface area contributed by atoms with Crippen LogP contribution in [0.15, 0.2) is 31.3 Å². The summed E-state index contributed by atoms with van der Waals surface area (Å²) in [6, 6.07) is 3.88. The lowest BCUT2D eigenvalue weighted by Gasteiger charge is -2.00. The van der Waals surface area contributed by atoms with E-state index in [1.54, 1.807) is 35.1 Å². The third-order valence-corrected chi connectivity index (χ3v) is 7.46. The molecule has 0 spiro atoms. The molecule has 144 valence electrons. The molecule has 0 atom stereocenters. The van der Waals surface area contributed by atoms with E-state index in [2.05, 4.69) is 52.9 Å². The Morgan fingerprint density at radius 2 is 1.33 bits per heavy atom. The minimum atomic E-state index is -0.228. The summed E-state index contributed by atoms with van der Waals surface area (Å²) in [7, 11) is 0. The molecule has 2 rings (SSSR count). The van der Waals surface area contributed by atoms with Gasteiger partial charge in [0.1, 0.15) is 0 Å². The zero-order chi connectivity index (χ0) is 19.8. The van der Waals surface area contributed by atoms with Gasteiger partial charge >= 0.3 is 0 Å². The Hall–Kier alpha value is -1.36. The second-order valence-corrected chi connectivity index (χ2v) is 9.83. The van der Waals surface area contributed by atoms with Gasteiger partial charge in [-0.05, 0) is 64.3 Å². The molecule has 0 unspecified atom stereocenters. The monoisotopic (exact) mass is 532 g/mol. The van der Waals surface area contributed by atoms with Crippen molar-refractivity contribution in [2.24, 2.45) is 10.2 Å². The van der Waals surface area contributed by atoms with E-state index < -0.39 is 0 Å². The van der Waals surface area contributed by atoms with Crippen LogP contribution in [0, 0.1) is 13.8 Å². The lowest BCUT2D eigenvalue weighted by Crippen LogP contribution is -2.20. The quantitative estimate of drug-likeness (QED) is 0.380. The van der Waals surface area contributed by atoms with Crippen LogP contribution in [-0.2, 0) is 9.59 Å². The molecule has 0 aliphatic heterocycles. The summed E-state index contributed by atoms with van der Waals surface area (Å²) >= 11 is 10.0. The summed E-state index contributed by atoms with van der Waals surface area (Å²) in [6.07, 6.45) is 4.08. The Bertz CT molecular complexity index is 765. The number of carbonyl (C=O) groups is 2. The van der Waals surface area contributed by atoms with Crippen LogP contribution in [0.4, 0.5) is 0 Å². The zero-order valence-electron chi connectivity index (χ0n) is 14.7. The highest BCUT2D eigenvalue weighted by Crippen LogP contribution is 2.25. The minimum Gasteiger partial charge on any atom is -0.273 e. The normalized spacial score (nSPS) is 11.4.